The average molecular weight is 175 g/mol. The first-order valence-electron chi connectivity index (χ1n) is 2.35. The number of rotatable bonds is 4. The van der Waals surface area contributed by atoms with E-state index in [0.29, 0.717) is 0 Å². The third-order valence-electron chi connectivity index (χ3n) is 0.511. The lowest BCUT2D eigenvalue weighted by atomic mass is 10.7. The van der Waals surface area contributed by atoms with E-state index in [9.17, 15) is 0 Å². The molecular weight excluding hydrogens is 167 g/mol. The molecule has 56 valence electrons. The number of aliphatic hydroxyl groups is 2. The number of alkyl halides is 2. The number of halogens is 2. The lowest BCUT2D eigenvalue weighted by molar-refractivity contribution is 0.0358. The maximum absolute atomic E-state index is 8.57. The van der Waals surface area contributed by atoms with E-state index >= 15 is 0 Å². The molecule has 0 aliphatic heterocycles. The first-order chi connectivity index (χ1) is 4.06. The van der Waals surface area contributed by atoms with E-state index in [1.54, 1.807) is 0 Å². The molecule has 0 radical (unpaired) electrons. The van der Waals surface area contributed by atoms with Crippen molar-refractivity contribution in [2.75, 3.05) is 19.8 Å². The molecule has 3 nitrogen and oxygen atoms in total. The fraction of sp³-hybridized carbons (Fsp3) is 1.00. The van der Waals surface area contributed by atoms with Crippen LogP contribution in [0.15, 0.2) is 0 Å². The van der Waals surface area contributed by atoms with E-state index in [4.69, 9.17) is 33.4 Å². The van der Waals surface area contributed by atoms with Crippen LogP contribution in [0.1, 0.15) is 0 Å². The molecule has 0 atom stereocenters. The normalized spacial score (nSPS) is 12.0. The van der Waals surface area contributed by atoms with Gasteiger partial charge in [-0.2, -0.15) is 0 Å². The minimum atomic E-state index is -1.84. The second kappa shape index (κ2) is 4.30. The van der Waals surface area contributed by atoms with Gasteiger partial charge in [-0.3, -0.25) is 0 Å². The van der Waals surface area contributed by atoms with Gasteiger partial charge in [0.15, 0.2) is 0 Å². The zero-order valence-electron chi connectivity index (χ0n) is 4.68. The molecule has 0 rings (SSSR count). The number of ether oxygens (including phenoxy) is 1. The molecule has 9 heavy (non-hydrogen) atoms. The van der Waals surface area contributed by atoms with Crippen molar-refractivity contribution < 1.29 is 14.9 Å². The Kier molecular flexibility index (Phi) is 4.52. The molecule has 0 saturated carbocycles. The molecule has 0 unspecified atom stereocenters. The Balaban J connectivity index is 3.07. The Morgan fingerprint density at radius 2 is 2.00 bits per heavy atom. The number of hydrogen-bond donors (Lipinski definition) is 2. The standard InChI is InChI=1S/C4H8Cl2O3/c5-4(6,8)3-9-2-1-7/h7-8H,1-3H2. The number of aliphatic hydroxyl groups excluding tert-OH is 1. The maximum atomic E-state index is 8.57. The van der Waals surface area contributed by atoms with Gasteiger partial charge in [-0.15, -0.1) is 0 Å². The topological polar surface area (TPSA) is 49.7 Å². The maximum Gasteiger partial charge on any atom is 0.238 e. The van der Waals surface area contributed by atoms with E-state index < -0.39 is 4.52 Å². The Morgan fingerprint density at radius 3 is 2.33 bits per heavy atom. The lowest BCUT2D eigenvalue weighted by Gasteiger charge is -2.10. The van der Waals surface area contributed by atoms with E-state index in [-0.39, 0.29) is 19.8 Å². The van der Waals surface area contributed by atoms with Gasteiger partial charge in [0.2, 0.25) is 4.52 Å². The van der Waals surface area contributed by atoms with E-state index in [1.807, 2.05) is 0 Å². The van der Waals surface area contributed by atoms with Crippen LogP contribution in [-0.2, 0) is 4.74 Å². The van der Waals surface area contributed by atoms with Crippen LogP contribution in [0.4, 0.5) is 0 Å². The van der Waals surface area contributed by atoms with Crippen LogP contribution in [0, 0.1) is 0 Å². The highest BCUT2D eigenvalue weighted by Crippen LogP contribution is 2.15. The molecule has 0 aromatic heterocycles. The largest absolute Gasteiger partial charge is 0.394 e. The Bertz CT molecular complexity index is 70.7. The Morgan fingerprint density at radius 1 is 1.44 bits per heavy atom. The van der Waals surface area contributed by atoms with Gasteiger partial charge in [0, 0.05) is 0 Å². The van der Waals surface area contributed by atoms with Gasteiger partial charge in [0.05, 0.1) is 13.2 Å². The van der Waals surface area contributed by atoms with Crippen LogP contribution in [0.2, 0.25) is 0 Å². The minimum Gasteiger partial charge on any atom is -0.394 e. The highest BCUT2D eigenvalue weighted by Gasteiger charge is 2.18. The zero-order valence-corrected chi connectivity index (χ0v) is 6.19. The summed E-state index contributed by atoms with van der Waals surface area (Å²) < 4.78 is 2.75. The molecule has 0 aliphatic rings. The predicted molar refractivity (Wildman–Crippen MR) is 34.6 cm³/mol. The van der Waals surface area contributed by atoms with Crippen molar-refractivity contribution in [3.05, 3.63) is 0 Å². The molecule has 0 fully saturated rings. The van der Waals surface area contributed by atoms with Crippen molar-refractivity contribution in [2.24, 2.45) is 0 Å². The highest BCUT2D eigenvalue weighted by atomic mass is 35.5. The SMILES string of the molecule is OCCOCC(O)(Cl)Cl. The van der Waals surface area contributed by atoms with Gasteiger partial charge in [-0.1, -0.05) is 23.2 Å². The van der Waals surface area contributed by atoms with E-state index in [2.05, 4.69) is 4.74 Å². The second-order valence-electron chi connectivity index (χ2n) is 1.44. The Labute approximate surface area is 63.1 Å². The fourth-order valence-corrected chi connectivity index (χ4v) is 0.414. The fourth-order valence-electron chi connectivity index (χ4n) is 0.260. The van der Waals surface area contributed by atoms with Crippen molar-refractivity contribution in [3.8, 4) is 0 Å². The van der Waals surface area contributed by atoms with Gasteiger partial charge in [-0.05, 0) is 0 Å². The van der Waals surface area contributed by atoms with Crippen molar-refractivity contribution in [2.45, 2.75) is 4.52 Å². The van der Waals surface area contributed by atoms with Crippen molar-refractivity contribution in [3.63, 3.8) is 0 Å². The van der Waals surface area contributed by atoms with E-state index in [0.717, 1.165) is 0 Å². The quantitative estimate of drug-likeness (QED) is 0.471. The smallest absolute Gasteiger partial charge is 0.238 e. The minimum absolute atomic E-state index is 0.107. The summed E-state index contributed by atoms with van der Waals surface area (Å²) in [7, 11) is 0. The summed E-state index contributed by atoms with van der Waals surface area (Å²) >= 11 is 10.2. The third-order valence-corrected chi connectivity index (χ3v) is 0.730. The molecule has 2 N–H and O–H groups in total. The monoisotopic (exact) mass is 174 g/mol. The molecule has 0 bridgehead atoms. The van der Waals surface area contributed by atoms with Crippen molar-refractivity contribution in [1.29, 1.82) is 0 Å². The molecule has 0 aliphatic carbocycles. The molecule has 0 spiro atoms. The summed E-state index contributed by atoms with van der Waals surface area (Å²) in [4.78, 5) is 0. The zero-order chi connectivity index (χ0) is 7.33. The van der Waals surface area contributed by atoms with Crippen LogP contribution in [-0.4, -0.2) is 34.6 Å². The van der Waals surface area contributed by atoms with Crippen LogP contribution < -0.4 is 0 Å². The lowest BCUT2D eigenvalue weighted by Crippen LogP contribution is -2.20. The van der Waals surface area contributed by atoms with Crippen molar-refractivity contribution >= 4 is 23.2 Å². The molecule has 0 saturated heterocycles. The van der Waals surface area contributed by atoms with Crippen molar-refractivity contribution in [1.82, 2.24) is 0 Å². The summed E-state index contributed by atoms with van der Waals surface area (Å²) in [5.74, 6) is 0. The van der Waals surface area contributed by atoms with Crippen LogP contribution in [0.5, 0.6) is 0 Å². The van der Waals surface area contributed by atoms with Gasteiger partial charge in [0.25, 0.3) is 0 Å². The summed E-state index contributed by atoms with van der Waals surface area (Å²) in [5.41, 5.74) is 0. The summed E-state index contributed by atoms with van der Waals surface area (Å²) in [5, 5.41) is 16.7. The molecule has 0 aromatic carbocycles. The van der Waals surface area contributed by atoms with E-state index in [1.165, 1.54) is 0 Å². The predicted octanol–water partition coefficient (Wildman–Crippen LogP) is 0.119. The first kappa shape index (κ1) is 9.46. The van der Waals surface area contributed by atoms with Crippen LogP contribution in [0.3, 0.4) is 0 Å². The molecule has 0 heterocycles. The number of hydrogen-bond acceptors (Lipinski definition) is 3. The molecule has 0 amide bonds. The third kappa shape index (κ3) is 8.46. The summed E-state index contributed by atoms with van der Waals surface area (Å²) in [6.45, 7) is -0.178. The molecule has 0 aromatic rings. The highest BCUT2D eigenvalue weighted by molar-refractivity contribution is 6.47. The summed E-state index contributed by atoms with van der Waals surface area (Å²) in [6.07, 6.45) is 0. The first-order valence-corrected chi connectivity index (χ1v) is 3.10. The Hall–Kier alpha value is 0.460. The summed E-state index contributed by atoms with van der Waals surface area (Å²) in [6, 6.07) is 0. The van der Waals surface area contributed by atoms with Crippen LogP contribution >= 0.6 is 23.2 Å². The molecular formula is C4H8Cl2O3. The van der Waals surface area contributed by atoms with Crippen LogP contribution in [0.25, 0.3) is 0 Å². The van der Waals surface area contributed by atoms with Gasteiger partial charge in [-0.25, -0.2) is 0 Å². The average Bonchev–Trinajstić information content (AvgIpc) is 1.63. The van der Waals surface area contributed by atoms with Gasteiger partial charge in [0.1, 0.15) is 6.61 Å². The van der Waals surface area contributed by atoms with Gasteiger partial charge >= 0.3 is 0 Å². The molecule has 5 heteroatoms. The second-order valence-corrected chi connectivity index (χ2v) is 2.89. The van der Waals surface area contributed by atoms with Gasteiger partial charge < -0.3 is 14.9 Å².